The van der Waals surface area contributed by atoms with Gasteiger partial charge >= 0.3 is 0 Å². The Bertz CT molecular complexity index is 844. The van der Waals surface area contributed by atoms with Gasteiger partial charge in [0.05, 0.1) is 18.0 Å². The minimum atomic E-state index is -0.0473. The number of aliphatic hydroxyl groups is 1. The normalized spacial score (nSPS) is 11.6. The number of imidazole rings is 1. The Morgan fingerprint density at radius 3 is 2.45 bits per heavy atom. The first kappa shape index (κ1) is 14.4. The van der Waals surface area contributed by atoms with Crippen molar-refractivity contribution in [2.75, 3.05) is 0 Å². The molecule has 3 aromatic rings. The molecule has 2 heterocycles. The Hall–Kier alpha value is -2.53. The van der Waals surface area contributed by atoms with Crippen molar-refractivity contribution in [1.82, 2.24) is 9.38 Å². The van der Waals surface area contributed by atoms with Crippen LogP contribution in [-0.4, -0.2) is 14.5 Å². The maximum Gasteiger partial charge on any atom is 0.182 e. The van der Waals surface area contributed by atoms with E-state index in [4.69, 9.17) is 0 Å². The average Bonchev–Trinajstić information content (AvgIpc) is 2.82. The van der Waals surface area contributed by atoms with Crippen LogP contribution in [0, 0.1) is 20.8 Å². The fourth-order valence-electron chi connectivity index (χ4n) is 2.53. The van der Waals surface area contributed by atoms with Crippen LogP contribution in [0.4, 0.5) is 11.5 Å². The zero-order valence-electron chi connectivity index (χ0n) is 12.9. The van der Waals surface area contributed by atoms with Gasteiger partial charge in [0, 0.05) is 11.8 Å². The van der Waals surface area contributed by atoms with Gasteiger partial charge in [-0.3, -0.25) is 4.40 Å². The SMILES string of the molecule is Cc1cccc(C)c1N=Nc1c(C)nc2c(CO)cccn12. The number of azo groups is 1. The molecule has 0 aliphatic carbocycles. The summed E-state index contributed by atoms with van der Waals surface area (Å²) in [4.78, 5) is 4.49. The van der Waals surface area contributed by atoms with E-state index in [-0.39, 0.29) is 6.61 Å². The van der Waals surface area contributed by atoms with Crippen molar-refractivity contribution in [1.29, 1.82) is 0 Å². The molecule has 0 fully saturated rings. The molecular weight excluding hydrogens is 276 g/mol. The fourth-order valence-corrected chi connectivity index (χ4v) is 2.53. The molecule has 1 aromatic carbocycles. The lowest BCUT2D eigenvalue weighted by Crippen LogP contribution is -1.90. The lowest BCUT2D eigenvalue weighted by Gasteiger charge is -2.03. The summed E-state index contributed by atoms with van der Waals surface area (Å²) in [6.45, 7) is 5.89. The van der Waals surface area contributed by atoms with Crippen LogP contribution < -0.4 is 0 Å². The predicted molar refractivity (Wildman–Crippen MR) is 85.9 cm³/mol. The zero-order chi connectivity index (χ0) is 15.7. The summed E-state index contributed by atoms with van der Waals surface area (Å²) in [6.07, 6.45) is 1.88. The summed E-state index contributed by atoms with van der Waals surface area (Å²) in [5.41, 5.74) is 5.35. The van der Waals surface area contributed by atoms with E-state index in [1.54, 1.807) is 0 Å². The van der Waals surface area contributed by atoms with Gasteiger partial charge in [-0.05, 0) is 38.0 Å². The molecule has 0 saturated carbocycles. The first-order valence-corrected chi connectivity index (χ1v) is 7.17. The standard InChI is InChI=1S/C17H18N4O/c1-11-6-4-7-12(2)15(11)19-20-16-13(3)18-17-14(10-22)8-5-9-21(16)17/h4-9,22H,10H2,1-3H3. The van der Waals surface area contributed by atoms with E-state index in [1.165, 1.54) is 0 Å². The fraction of sp³-hybridized carbons (Fsp3) is 0.235. The molecule has 0 aliphatic rings. The lowest BCUT2D eigenvalue weighted by atomic mass is 10.1. The highest BCUT2D eigenvalue weighted by Crippen LogP contribution is 2.28. The molecule has 0 aliphatic heterocycles. The highest BCUT2D eigenvalue weighted by atomic mass is 16.3. The Labute approximate surface area is 129 Å². The van der Waals surface area contributed by atoms with Crippen molar-refractivity contribution in [2.45, 2.75) is 27.4 Å². The van der Waals surface area contributed by atoms with Gasteiger partial charge in [-0.15, -0.1) is 10.2 Å². The molecule has 0 saturated heterocycles. The van der Waals surface area contributed by atoms with E-state index >= 15 is 0 Å². The van der Waals surface area contributed by atoms with Gasteiger partial charge in [-0.1, -0.05) is 24.3 Å². The number of pyridine rings is 1. The largest absolute Gasteiger partial charge is 0.392 e. The number of aryl methyl sites for hydroxylation is 3. The van der Waals surface area contributed by atoms with Crippen molar-refractivity contribution in [3.63, 3.8) is 0 Å². The number of hydrogen-bond donors (Lipinski definition) is 1. The number of nitrogens with zero attached hydrogens (tertiary/aromatic N) is 4. The molecule has 0 bridgehead atoms. The molecule has 1 N–H and O–H groups in total. The monoisotopic (exact) mass is 294 g/mol. The van der Waals surface area contributed by atoms with Crippen LogP contribution >= 0.6 is 0 Å². The van der Waals surface area contributed by atoms with E-state index < -0.39 is 0 Å². The van der Waals surface area contributed by atoms with Gasteiger partial charge < -0.3 is 5.11 Å². The van der Waals surface area contributed by atoms with E-state index in [1.807, 2.05) is 61.7 Å². The van der Waals surface area contributed by atoms with Crippen LogP contribution in [0.15, 0.2) is 46.8 Å². The molecule has 0 spiro atoms. The average molecular weight is 294 g/mol. The number of aromatic nitrogens is 2. The number of aliphatic hydroxyl groups excluding tert-OH is 1. The first-order valence-electron chi connectivity index (χ1n) is 7.17. The van der Waals surface area contributed by atoms with E-state index in [9.17, 15) is 5.11 Å². The third-order valence-corrected chi connectivity index (χ3v) is 3.73. The topological polar surface area (TPSA) is 62.2 Å². The van der Waals surface area contributed by atoms with Crippen LogP contribution in [0.5, 0.6) is 0 Å². The van der Waals surface area contributed by atoms with Crippen molar-refractivity contribution in [2.24, 2.45) is 10.2 Å². The minimum absolute atomic E-state index is 0.0473. The molecule has 2 aromatic heterocycles. The number of benzene rings is 1. The van der Waals surface area contributed by atoms with E-state index in [0.29, 0.717) is 5.82 Å². The Balaban J connectivity index is 2.12. The molecular formula is C17H18N4O. The van der Waals surface area contributed by atoms with Gasteiger partial charge in [-0.25, -0.2) is 4.98 Å². The van der Waals surface area contributed by atoms with Crippen molar-refractivity contribution in [3.05, 3.63) is 58.9 Å². The molecule has 22 heavy (non-hydrogen) atoms. The Morgan fingerprint density at radius 1 is 1.05 bits per heavy atom. The summed E-state index contributed by atoms with van der Waals surface area (Å²) >= 11 is 0. The van der Waals surface area contributed by atoms with Crippen molar-refractivity contribution < 1.29 is 5.11 Å². The number of hydrogen-bond acceptors (Lipinski definition) is 4. The Morgan fingerprint density at radius 2 is 1.77 bits per heavy atom. The molecule has 0 unspecified atom stereocenters. The first-order chi connectivity index (χ1) is 10.6. The van der Waals surface area contributed by atoms with E-state index in [2.05, 4.69) is 15.2 Å². The van der Waals surface area contributed by atoms with Crippen LogP contribution in [-0.2, 0) is 6.61 Å². The summed E-state index contributed by atoms with van der Waals surface area (Å²) < 4.78 is 1.86. The summed E-state index contributed by atoms with van der Waals surface area (Å²) in [5, 5.41) is 18.2. The highest BCUT2D eigenvalue weighted by molar-refractivity contribution is 5.57. The van der Waals surface area contributed by atoms with Gasteiger partial charge in [0.2, 0.25) is 0 Å². The summed E-state index contributed by atoms with van der Waals surface area (Å²) in [7, 11) is 0. The molecule has 0 radical (unpaired) electrons. The van der Waals surface area contributed by atoms with Gasteiger partial charge in [0.1, 0.15) is 5.65 Å². The smallest absolute Gasteiger partial charge is 0.182 e. The van der Waals surface area contributed by atoms with Gasteiger partial charge in [0.25, 0.3) is 0 Å². The number of fused-ring (bicyclic) bond motifs is 1. The molecule has 5 heteroatoms. The number of rotatable bonds is 3. The second kappa shape index (κ2) is 5.69. The predicted octanol–water partition coefficient (Wildman–Crippen LogP) is 4.17. The summed E-state index contributed by atoms with van der Waals surface area (Å²) in [6, 6.07) is 9.78. The molecule has 3 rings (SSSR count). The maximum absolute atomic E-state index is 9.41. The van der Waals surface area contributed by atoms with Gasteiger partial charge in [-0.2, -0.15) is 0 Å². The van der Waals surface area contributed by atoms with Crippen LogP contribution in [0.25, 0.3) is 5.65 Å². The lowest BCUT2D eigenvalue weighted by molar-refractivity contribution is 0.282. The molecule has 0 atom stereocenters. The van der Waals surface area contributed by atoms with Crippen molar-refractivity contribution >= 4 is 17.2 Å². The second-order valence-electron chi connectivity index (χ2n) is 5.35. The summed E-state index contributed by atoms with van der Waals surface area (Å²) in [5.74, 6) is 0.688. The molecule has 112 valence electrons. The van der Waals surface area contributed by atoms with Crippen LogP contribution in [0.3, 0.4) is 0 Å². The third-order valence-electron chi connectivity index (χ3n) is 3.73. The second-order valence-corrected chi connectivity index (χ2v) is 5.35. The minimum Gasteiger partial charge on any atom is -0.392 e. The van der Waals surface area contributed by atoms with Crippen LogP contribution in [0.1, 0.15) is 22.4 Å². The Kier molecular flexibility index (Phi) is 3.73. The quantitative estimate of drug-likeness (QED) is 0.737. The van der Waals surface area contributed by atoms with Crippen molar-refractivity contribution in [3.8, 4) is 0 Å². The highest BCUT2D eigenvalue weighted by Gasteiger charge is 2.11. The van der Waals surface area contributed by atoms with Gasteiger partial charge in [0.15, 0.2) is 5.82 Å². The van der Waals surface area contributed by atoms with E-state index in [0.717, 1.165) is 33.7 Å². The molecule has 0 amide bonds. The zero-order valence-corrected chi connectivity index (χ0v) is 12.9. The maximum atomic E-state index is 9.41. The third kappa shape index (κ3) is 2.40. The molecule has 5 nitrogen and oxygen atoms in total. The van der Waals surface area contributed by atoms with Crippen LogP contribution in [0.2, 0.25) is 0 Å².